The van der Waals surface area contributed by atoms with Crippen molar-refractivity contribution in [2.75, 3.05) is 25.7 Å². The number of hydrogen-bond acceptors (Lipinski definition) is 5. The molecule has 0 spiro atoms. The lowest BCUT2D eigenvalue weighted by Gasteiger charge is -2.32. The van der Waals surface area contributed by atoms with E-state index >= 15 is 0 Å². The van der Waals surface area contributed by atoms with Crippen molar-refractivity contribution >= 4 is 17.6 Å². The van der Waals surface area contributed by atoms with Gasteiger partial charge in [0.05, 0.1) is 25.5 Å². The molecule has 0 N–H and O–H groups in total. The average Bonchev–Trinajstić information content (AvgIpc) is 3.07. The molecular weight excluding hydrogens is 370 g/mol. The third kappa shape index (κ3) is 3.24. The predicted octanol–water partition coefficient (Wildman–Crippen LogP) is 3.65. The third-order valence-electron chi connectivity index (χ3n) is 5.39. The monoisotopic (exact) mass is 393 g/mol. The molecule has 0 unspecified atom stereocenters. The summed E-state index contributed by atoms with van der Waals surface area (Å²) in [6.07, 6.45) is 0.143. The number of hydrogen-bond donors (Lipinski definition) is 0. The number of carbonyl (C=O) groups is 2. The van der Waals surface area contributed by atoms with E-state index in [-0.39, 0.29) is 18.9 Å². The fourth-order valence-corrected chi connectivity index (χ4v) is 4.21. The van der Waals surface area contributed by atoms with Crippen molar-refractivity contribution in [1.82, 2.24) is 0 Å². The number of amides is 1. The van der Waals surface area contributed by atoms with E-state index in [1.165, 1.54) is 0 Å². The van der Waals surface area contributed by atoms with Crippen LogP contribution in [0.3, 0.4) is 0 Å². The predicted molar refractivity (Wildman–Crippen MR) is 108 cm³/mol. The zero-order valence-corrected chi connectivity index (χ0v) is 16.9. The average molecular weight is 393 g/mol. The maximum Gasteiger partial charge on any atom is 0.336 e. The Balaban J connectivity index is 1.87. The van der Waals surface area contributed by atoms with Crippen LogP contribution in [0.2, 0.25) is 0 Å². The molecule has 2 aromatic carbocycles. The summed E-state index contributed by atoms with van der Waals surface area (Å²) in [5.74, 6) is 0.326. The second kappa shape index (κ2) is 7.28. The molecule has 0 fully saturated rings. The van der Waals surface area contributed by atoms with Crippen LogP contribution in [0.4, 0.5) is 5.69 Å². The Morgan fingerprint density at radius 3 is 2.38 bits per heavy atom. The second-order valence-corrected chi connectivity index (χ2v) is 7.38. The highest BCUT2D eigenvalue weighted by Gasteiger charge is 2.44. The smallest absolute Gasteiger partial charge is 0.336 e. The van der Waals surface area contributed by atoms with Gasteiger partial charge in [0, 0.05) is 23.6 Å². The van der Waals surface area contributed by atoms with Gasteiger partial charge >= 0.3 is 5.97 Å². The quantitative estimate of drug-likeness (QED) is 0.742. The van der Waals surface area contributed by atoms with Crippen LogP contribution in [-0.2, 0) is 14.3 Å². The normalized spacial score (nSPS) is 18.6. The Kier molecular flexibility index (Phi) is 4.78. The number of nitrogens with zero attached hydrogens (tertiary/aromatic N) is 1. The molecule has 2 aromatic rings. The lowest BCUT2D eigenvalue weighted by atomic mass is 9.83. The number of esters is 1. The maximum absolute atomic E-state index is 13.3. The summed E-state index contributed by atoms with van der Waals surface area (Å²) in [7, 11) is 3.15. The molecule has 6 nitrogen and oxygen atoms in total. The number of benzene rings is 2. The number of ether oxygens (including phenoxy) is 3. The van der Waals surface area contributed by atoms with Gasteiger partial charge < -0.3 is 14.2 Å². The van der Waals surface area contributed by atoms with Crippen LogP contribution >= 0.6 is 0 Å². The zero-order chi connectivity index (χ0) is 20.7. The van der Waals surface area contributed by atoms with Crippen LogP contribution in [-0.4, -0.2) is 32.7 Å². The first-order valence-electron chi connectivity index (χ1n) is 9.46. The first-order valence-corrected chi connectivity index (χ1v) is 9.46. The van der Waals surface area contributed by atoms with E-state index < -0.39 is 11.9 Å². The van der Waals surface area contributed by atoms with Crippen molar-refractivity contribution in [3.63, 3.8) is 0 Å². The van der Waals surface area contributed by atoms with Crippen LogP contribution in [0.15, 0.2) is 47.7 Å². The van der Waals surface area contributed by atoms with Crippen LogP contribution < -0.4 is 14.4 Å². The first kappa shape index (κ1) is 19.1. The molecule has 1 atom stereocenters. The highest BCUT2D eigenvalue weighted by Crippen LogP contribution is 2.45. The molecule has 150 valence electrons. The SMILES string of the molecule is COc1ccc(OC)c([C@H]2CC(=O)N(c3cc(C)cc(C)c3)C3=C2C(=O)OC3)c1. The fraction of sp³-hybridized carbons (Fsp3) is 0.304. The number of methoxy groups -OCH3 is 2. The zero-order valence-electron chi connectivity index (χ0n) is 16.9. The lowest BCUT2D eigenvalue weighted by Crippen LogP contribution is -2.37. The van der Waals surface area contributed by atoms with Gasteiger partial charge in [-0.05, 0) is 55.3 Å². The van der Waals surface area contributed by atoms with Crippen molar-refractivity contribution in [1.29, 1.82) is 0 Å². The van der Waals surface area contributed by atoms with Gasteiger partial charge in [0.15, 0.2) is 0 Å². The molecule has 29 heavy (non-hydrogen) atoms. The van der Waals surface area contributed by atoms with Crippen molar-refractivity contribution in [2.24, 2.45) is 0 Å². The summed E-state index contributed by atoms with van der Waals surface area (Å²) in [6, 6.07) is 11.3. The van der Waals surface area contributed by atoms with E-state index in [1.807, 2.05) is 38.1 Å². The molecule has 0 aromatic heterocycles. The molecule has 2 heterocycles. The Morgan fingerprint density at radius 1 is 1.00 bits per heavy atom. The molecule has 2 aliphatic heterocycles. The van der Waals surface area contributed by atoms with E-state index in [0.717, 1.165) is 22.4 Å². The van der Waals surface area contributed by atoms with Crippen molar-refractivity contribution in [2.45, 2.75) is 26.2 Å². The Morgan fingerprint density at radius 2 is 1.72 bits per heavy atom. The van der Waals surface area contributed by atoms with Crippen LogP contribution in [0.25, 0.3) is 0 Å². The Bertz CT molecular complexity index is 1020. The molecule has 0 bridgehead atoms. The lowest BCUT2D eigenvalue weighted by molar-refractivity contribution is -0.136. The molecule has 6 heteroatoms. The highest BCUT2D eigenvalue weighted by molar-refractivity contribution is 6.06. The number of anilines is 1. The van der Waals surface area contributed by atoms with Gasteiger partial charge in [-0.2, -0.15) is 0 Å². The summed E-state index contributed by atoms with van der Waals surface area (Å²) < 4.78 is 16.2. The van der Waals surface area contributed by atoms with Crippen LogP contribution in [0, 0.1) is 13.8 Å². The molecule has 0 radical (unpaired) electrons. The second-order valence-electron chi connectivity index (χ2n) is 7.38. The summed E-state index contributed by atoms with van der Waals surface area (Å²) in [5.41, 5.74) is 4.72. The molecule has 4 rings (SSSR count). The number of carbonyl (C=O) groups excluding carboxylic acids is 2. The van der Waals surface area contributed by atoms with Crippen LogP contribution in [0.1, 0.15) is 29.0 Å². The number of cyclic esters (lactones) is 1. The largest absolute Gasteiger partial charge is 0.497 e. The van der Waals surface area contributed by atoms with Crippen LogP contribution in [0.5, 0.6) is 11.5 Å². The van der Waals surface area contributed by atoms with E-state index in [9.17, 15) is 9.59 Å². The maximum atomic E-state index is 13.3. The molecule has 2 aliphatic rings. The molecule has 0 saturated heterocycles. The fourth-order valence-electron chi connectivity index (χ4n) is 4.21. The summed E-state index contributed by atoms with van der Waals surface area (Å²) in [6.45, 7) is 4.05. The van der Waals surface area contributed by atoms with Gasteiger partial charge in [-0.1, -0.05) is 6.07 Å². The molecule has 0 aliphatic carbocycles. The van der Waals surface area contributed by atoms with E-state index in [4.69, 9.17) is 14.2 Å². The third-order valence-corrected chi connectivity index (χ3v) is 5.39. The minimum absolute atomic E-state index is 0.0790. The summed E-state index contributed by atoms with van der Waals surface area (Å²) in [5, 5.41) is 0. The van der Waals surface area contributed by atoms with Crippen molar-refractivity contribution in [3.05, 3.63) is 64.4 Å². The minimum atomic E-state index is -0.445. The molecule has 0 saturated carbocycles. The number of aryl methyl sites for hydroxylation is 2. The summed E-state index contributed by atoms with van der Waals surface area (Å²) >= 11 is 0. The Hall–Kier alpha value is -3.28. The van der Waals surface area contributed by atoms with Gasteiger partial charge in [-0.3, -0.25) is 9.69 Å². The first-order chi connectivity index (χ1) is 13.9. The van der Waals surface area contributed by atoms with Gasteiger partial charge in [0.2, 0.25) is 5.91 Å². The van der Waals surface area contributed by atoms with E-state index in [2.05, 4.69) is 0 Å². The molecular formula is C23H23NO5. The number of rotatable bonds is 4. The highest BCUT2D eigenvalue weighted by atomic mass is 16.5. The molecule has 1 amide bonds. The minimum Gasteiger partial charge on any atom is -0.497 e. The van der Waals surface area contributed by atoms with Gasteiger partial charge in [-0.15, -0.1) is 0 Å². The topological polar surface area (TPSA) is 65.1 Å². The standard InChI is InChI=1S/C23H23NO5/c1-13-7-14(2)9-15(8-13)24-19-12-29-23(26)22(19)18(11-21(24)25)17-10-16(27-3)5-6-20(17)28-4/h5-10,18H,11-12H2,1-4H3/t18-/m1/s1. The summed E-state index contributed by atoms with van der Waals surface area (Å²) in [4.78, 5) is 27.6. The van der Waals surface area contributed by atoms with Gasteiger partial charge in [0.25, 0.3) is 0 Å². The Labute approximate surface area is 169 Å². The van der Waals surface area contributed by atoms with Crippen molar-refractivity contribution in [3.8, 4) is 11.5 Å². The van der Waals surface area contributed by atoms with Crippen molar-refractivity contribution < 1.29 is 23.8 Å². The van der Waals surface area contributed by atoms with Gasteiger partial charge in [0.1, 0.15) is 18.1 Å². The van der Waals surface area contributed by atoms with Gasteiger partial charge in [-0.25, -0.2) is 4.79 Å². The van der Waals surface area contributed by atoms with E-state index in [1.54, 1.807) is 31.3 Å². The van der Waals surface area contributed by atoms with E-state index in [0.29, 0.717) is 22.8 Å².